The van der Waals surface area contributed by atoms with Crippen molar-refractivity contribution < 1.29 is 9.15 Å². The van der Waals surface area contributed by atoms with Crippen molar-refractivity contribution in [3.8, 4) is 0 Å². The van der Waals surface area contributed by atoms with Gasteiger partial charge in [-0.25, -0.2) is 15.0 Å². The number of rotatable bonds is 3. The van der Waals surface area contributed by atoms with Crippen molar-refractivity contribution in [3.05, 3.63) is 54.4 Å². The van der Waals surface area contributed by atoms with Crippen LogP contribution in [0.5, 0.6) is 0 Å². The molecule has 4 aromatic rings. The first kappa shape index (κ1) is 18.6. The normalized spacial score (nSPS) is 18.2. The van der Waals surface area contributed by atoms with Gasteiger partial charge in [-0.3, -0.25) is 0 Å². The van der Waals surface area contributed by atoms with Gasteiger partial charge in [-0.05, 0) is 37.1 Å². The molecule has 0 amide bonds. The van der Waals surface area contributed by atoms with Gasteiger partial charge in [-0.15, -0.1) is 0 Å². The fourth-order valence-electron chi connectivity index (χ4n) is 4.58. The predicted molar refractivity (Wildman–Crippen MR) is 121 cm³/mol. The second-order valence-electron chi connectivity index (χ2n) is 8.24. The lowest BCUT2D eigenvalue weighted by molar-refractivity contribution is 0.122. The van der Waals surface area contributed by atoms with Crippen molar-refractivity contribution in [1.82, 2.24) is 15.0 Å². The standard InChI is InChI=1S/C24H25N5O2/c1-2-6-19-18(5-1)25-22(23(26-19)29-13-15-30-16-14-29)28-11-9-17(10-12-28)24-27-20-7-3-4-8-21(20)31-24/h1-8,17H,9-16H2. The monoisotopic (exact) mass is 415 g/mol. The summed E-state index contributed by atoms with van der Waals surface area (Å²) in [4.78, 5) is 19.5. The van der Waals surface area contributed by atoms with E-state index in [1.807, 2.05) is 48.5 Å². The second kappa shape index (κ2) is 7.81. The highest BCUT2D eigenvalue weighted by Crippen LogP contribution is 2.35. The zero-order valence-corrected chi connectivity index (χ0v) is 17.4. The molecular formula is C24H25N5O2. The van der Waals surface area contributed by atoms with Crippen LogP contribution in [0.3, 0.4) is 0 Å². The summed E-state index contributed by atoms with van der Waals surface area (Å²) in [5, 5.41) is 0. The summed E-state index contributed by atoms with van der Waals surface area (Å²) < 4.78 is 11.6. The Morgan fingerprint density at radius 2 is 1.26 bits per heavy atom. The van der Waals surface area contributed by atoms with Crippen LogP contribution in [-0.2, 0) is 4.74 Å². The number of hydrogen-bond donors (Lipinski definition) is 0. The maximum atomic E-state index is 6.05. The molecule has 7 heteroatoms. The molecule has 0 unspecified atom stereocenters. The molecule has 0 N–H and O–H groups in total. The number of para-hydroxylation sites is 4. The minimum atomic E-state index is 0.337. The number of anilines is 2. The van der Waals surface area contributed by atoms with Crippen LogP contribution in [0.4, 0.5) is 11.6 Å². The van der Waals surface area contributed by atoms with Crippen molar-refractivity contribution >= 4 is 33.8 Å². The van der Waals surface area contributed by atoms with Gasteiger partial charge in [-0.2, -0.15) is 0 Å². The first-order chi connectivity index (χ1) is 15.3. The zero-order chi connectivity index (χ0) is 20.6. The third-order valence-corrected chi connectivity index (χ3v) is 6.30. The van der Waals surface area contributed by atoms with E-state index < -0.39 is 0 Å². The molecule has 0 aliphatic carbocycles. The largest absolute Gasteiger partial charge is 0.440 e. The molecule has 2 saturated heterocycles. The zero-order valence-electron chi connectivity index (χ0n) is 17.4. The second-order valence-corrected chi connectivity index (χ2v) is 8.24. The van der Waals surface area contributed by atoms with Crippen LogP contribution >= 0.6 is 0 Å². The van der Waals surface area contributed by atoms with E-state index in [1.54, 1.807) is 0 Å². The molecular weight excluding hydrogens is 390 g/mol. The van der Waals surface area contributed by atoms with Gasteiger partial charge < -0.3 is 19.0 Å². The molecule has 158 valence electrons. The first-order valence-electron chi connectivity index (χ1n) is 11.0. The average molecular weight is 415 g/mol. The van der Waals surface area contributed by atoms with E-state index in [-0.39, 0.29) is 0 Å². The Labute approximate surface area is 180 Å². The van der Waals surface area contributed by atoms with Gasteiger partial charge in [0.2, 0.25) is 0 Å². The summed E-state index contributed by atoms with van der Waals surface area (Å²) in [6, 6.07) is 16.1. The summed E-state index contributed by atoms with van der Waals surface area (Å²) in [5.74, 6) is 3.15. The lowest BCUT2D eigenvalue weighted by Crippen LogP contribution is -2.40. The highest BCUT2D eigenvalue weighted by atomic mass is 16.5. The summed E-state index contributed by atoms with van der Waals surface area (Å²) >= 11 is 0. The minimum absolute atomic E-state index is 0.337. The summed E-state index contributed by atoms with van der Waals surface area (Å²) in [5.41, 5.74) is 3.69. The number of ether oxygens (including phenoxy) is 1. The Hall–Kier alpha value is -3.19. The molecule has 0 saturated carbocycles. The molecule has 2 fully saturated rings. The molecule has 7 nitrogen and oxygen atoms in total. The molecule has 0 atom stereocenters. The Morgan fingerprint density at radius 3 is 1.90 bits per heavy atom. The van der Waals surface area contributed by atoms with E-state index in [0.29, 0.717) is 5.92 Å². The molecule has 6 rings (SSSR count). The maximum absolute atomic E-state index is 6.05. The Bertz CT molecular complexity index is 1180. The summed E-state index contributed by atoms with van der Waals surface area (Å²) in [6.07, 6.45) is 1.98. The number of morpholine rings is 1. The van der Waals surface area contributed by atoms with Crippen LogP contribution in [0.2, 0.25) is 0 Å². The van der Waals surface area contributed by atoms with Gasteiger partial charge in [0, 0.05) is 32.1 Å². The molecule has 0 radical (unpaired) electrons. The number of piperidine rings is 1. The highest BCUT2D eigenvalue weighted by Gasteiger charge is 2.29. The lowest BCUT2D eigenvalue weighted by atomic mass is 9.97. The SMILES string of the molecule is c1ccc2nc(N3CCC(c4nc5ccccc5o4)CC3)c(N3CCOCC3)nc2c1. The smallest absolute Gasteiger partial charge is 0.198 e. The number of fused-ring (bicyclic) bond motifs is 2. The summed E-state index contributed by atoms with van der Waals surface area (Å²) in [6.45, 7) is 4.97. The highest BCUT2D eigenvalue weighted by molar-refractivity contribution is 5.81. The molecule has 2 aliphatic heterocycles. The number of nitrogens with zero attached hydrogens (tertiary/aromatic N) is 5. The van der Waals surface area contributed by atoms with Crippen LogP contribution in [0.25, 0.3) is 22.1 Å². The van der Waals surface area contributed by atoms with Gasteiger partial charge in [0.15, 0.2) is 23.1 Å². The maximum Gasteiger partial charge on any atom is 0.198 e. The van der Waals surface area contributed by atoms with Crippen LogP contribution in [-0.4, -0.2) is 54.3 Å². The molecule has 4 heterocycles. The Balaban J connectivity index is 1.28. The number of hydrogen-bond acceptors (Lipinski definition) is 7. The van der Waals surface area contributed by atoms with E-state index in [4.69, 9.17) is 24.1 Å². The number of aromatic nitrogens is 3. The van der Waals surface area contributed by atoms with Gasteiger partial charge >= 0.3 is 0 Å². The Morgan fingerprint density at radius 1 is 0.677 bits per heavy atom. The number of oxazole rings is 1. The van der Waals surface area contributed by atoms with E-state index in [1.165, 1.54) is 0 Å². The molecule has 31 heavy (non-hydrogen) atoms. The quantitative estimate of drug-likeness (QED) is 0.501. The van der Waals surface area contributed by atoms with Gasteiger partial charge in [-0.1, -0.05) is 24.3 Å². The van der Waals surface area contributed by atoms with Crippen molar-refractivity contribution in [3.63, 3.8) is 0 Å². The van der Waals surface area contributed by atoms with Gasteiger partial charge in [0.05, 0.1) is 24.2 Å². The third-order valence-electron chi connectivity index (χ3n) is 6.30. The van der Waals surface area contributed by atoms with Crippen LogP contribution in [0.15, 0.2) is 52.9 Å². The van der Waals surface area contributed by atoms with Crippen molar-refractivity contribution in [2.75, 3.05) is 49.2 Å². The van der Waals surface area contributed by atoms with Crippen molar-refractivity contribution in [2.24, 2.45) is 0 Å². The van der Waals surface area contributed by atoms with E-state index >= 15 is 0 Å². The van der Waals surface area contributed by atoms with Crippen molar-refractivity contribution in [1.29, 1.82) is 0 Å². The molecule has 0 spiro atoms. The lowest BCUT2D eigenvalue weighted by Gasteiger charge is -2.35. The third kappa shape index (κ3) is 3.49. The molecule has 2 aliphatic rings. The topological polar surface area (TPSA) is 67.5 Å². The Kier molecular flexibility index (Phi) is 4.68. The van der Waals surface area contributed by atoms with Crippen LogP contribution in [0.1, 0.15) is 24.7 Å². The van der Waals surface area contributed by atoms with E-state index in [9.17, 15) is 0 Å². The fraction of sp³-hybridized carbons (Fsp3) is 0.375. The van der Waals surface area contributed by atoms with E-state index in [0.717, 1.165) is 91.9 Å². The van der Waals surface area contributed by atoms with Gasteiger partial charge in [0.25, 0.3) is 0 Å². The fourth-order valence-corrected chi connectivity index (χ4v) is 4.58. The van der Waals surface area contributed by atoms with Crippen LogP contribution in [0, 0.1) is 0 Å². The van der Waals surface area contributed by atoms with Crippen molar-refractivity contribution in [2.45, 2.75) is 18.8 Å². The van der Waals surface area contributed by atoms with Crippen LogP contribution < -0.4 is 9.80 Å². The van der Waals surface area contributed by atoms with Gasteiger partial charge in [0.1, 0.15) is 5.52 Å². The average Bonchev–Trinajstić information content (AvgIpc) is 3.28. The predicted octanol–water partition coefficient (Wildman–Crippen LogP) is 3.99. The van der Waals surface area contributed by atoms with E-state index in [2.05, 4.69) is 9.80 Å². The summed E-state index contributed by atoms with van der Waals surface area (Å²) in [7, 11) is 0. The molecule has 2 aromatic carbocycles. The molecule has 2 aromatic heterocycles. The number of benzene rings is 2. The molecule has 0 bridgehead atoms. The minimum Gasteiger partial charge on any atom is -0.440 e. The first-order valence-corrected chi connectivity index (χ1v) is 11.0.